The van der Waals surface area contributed by atoms with Crippen LogP contribution in [-0.4, -0.2) is 30.4 Å². The third-order valence-electron chi connectivity index (χ3n) is 5.73. The van der Waals surface area contributed by atoms with Crippen molar-refractivity contribution in [3.05, 3.63) is 0 Å². The zero-order valence-electron chi connectivity index (χ0n) is 18.2. The molecule has 0 aromatic heterocycles. The highest BCUT2D eigenvalue weighted by Gasteiger charge is 2.14. The highest BCUT2D eigenvalue weighted by Crippen LogP contribution is 2.18. The maximum atomic E-state index is 11.7. The molecule has 0 aromatic rings. The number of nitrogens with two attached hydrogens (primary N) is 1. The smallest absolute Gasteiger partial charge is 0.220 e. The van der Waals surface area contributed by atoms with Gasteiger partial charge in [0.25, 0.3) is 0 Å². The molecular formula is C23H48N2O. The number of carbonyl (C=O) groups excluding carboxylic acids is 1. The van der Waals surface area contributed by atoms with Crippen molar-refractivity contribution >= 4 is 5.91 Å². The molecule has 0 saturated heterocycles. The van der Waals surface area contributed by atoms with Crippen LogP contribution in [-0.2, 0) is 4.79 Å². The molecule has 3 nitrogen and oxygen atoms in total. The monoisotopic (exact) mass is 368 g/mol. The fraction of sp³-hybridized carbons (Fsp3) is 0.957. The van der Waals surface area contributed by atoms with Crippen molar-refractivity contribution in [3.8, 4) is 0 Å². The summed E-state index contributed by atoms with van der Waals surface area (Å²) in [4.78, 5) is 14.1. The molecule has 1 atom stereocenters. The Morgan fingerprint density at radius 1 is 0.692 bits per heavy atom. The van der Waals surface area contributed by atoms with E-state index < -0.39 is 0 Å². The maximum Gasteiger partial charge on any atom is 0.220 e. The van der Waals surface area contributed by atoms with Gasteiger partial charge in [-0.1, -0.05) is 97.8 Å². The zero-order chi connectivity index (χ0) is 19.5. The third-order valence-corrected chi connectivity index (χ3v) is 5.73. The number of primary amides is 1. The Labute approximate surface area is 164 Å². The van der Waals surface area contributed by atoms with Gasteiger partial charge in [-0.05, 0) is 38.9 Å². The van der Waals surface area contributed by atoms with Crippen molar-refractivity contribution in [2.24, 2.45) is 11.7 Å². The number of unbranched alkanes of at least 4 members (excludes halogenated alkanes) is 11. The molecule has 0 heterocycles. The molecule has 0 aliphatic heterocycles. The van der Waals surface area contributed by atoms with E-state index >= 15 is 0 Å². The predicted molar refractivity (Wildman–Crippen MR) is 115 cm³/mol. The Morgan fingerprint density at radius 3 is 1.54 bits per heavy atom. The van der Waals surface area contributed by atoms with Gasteiger partial charge in [0.1, 0.15) is 0 Å². The molecule has 3 heteroatoms. The van der Waals surface area contributed by atoms with Gasteiger partial charge in [-0.15, -0.1) is 0 Å². The number of nitrogens with zero attached hydrogens (tertiary/aromatic N) is 1. The third kappa shape index (κ3) is 15.7. The lowest BCUT2D eigenvalue weighted by Gasteiger charge is -2.19. The first-order valence-electron chi connectivity index (χ1n) is 11.7. The second-order valence-electron chi connectivity index (χ2n) is 7.95. The van der Waals surface area contributed by atoms with Gasteiger partial charge in [-0.25, -0.2) is 0 Å². The fourth-order valence-corrected chi connectivity index (χ4v) is 3.76. The summed E-state index contributed by atoms with van der Waals surface area (Å²) < 4.78 is 0. The molecule has 0 radical (unpaired) electrons. The first-order valence-corrected chi connectivity index (χ1v) is 11.7. The van der Waals surface area contributed by atoms with Crippen LogP contribution in [0.4, 0.5) is 0 Å². The average molecular weight is 369 g/mol. The van der Waals surface area contributed by atoms with E-state index in [4.69, 9.17) is 5.73 Å². The van der Waals surface area contributed by atoms with Gasteiger partial charge in [0, 0.05) is 5.92 Å². The Bertz CT molecular complexity index is 303. The van der Waals surface area contributed by atoms with Gasteiger partial charge in [0.2, 0.25) is 5.91 Å². The van der Waals surface area contributed by atoms with Gasteiger partial charge in [0.15, 0.2) is 0 Å². The van der Waals surface area contributed by atoms with Crippen molar-refractivity contribution in [1.29, 1.82) is 0 Å². The summed E-state index contributed by atoms with van der Waals surface area (Å²) in [5, 5.41) is 0. The lowest BCUT2D eigenvalue weighted by Crippen LogP contribution is -2.27. The number of hydrogen-bond acceptors (Lipinski definition) is 2. The number of hydrogen-bond donors (Lipinski definition) is 1. The molecule has 0 saturated carbocycles. The summed E-state index contributed by atoms with van der Waals surface area (Å²) in [6.45, 7) is 9.95. The Hall–Kier alpha value is -0.570. The van der Waals surface area contributed by atoms with Gasteiger partial charge < -0.3 is 10.6 Å². The molecule has 0 rings (SSSR count). The number of amides is 1. The van der Waals surface area contributed by atoms with E-state index in [-0.39, 0.29) is 11.8 Å². The Balaban J connectivity index is 3.53. The predicted octanol–water partition coefficient (Wildman–Crippen LogP) is 6.30. The zero-order valence-corrected chi connectivity index (χ0v) is 18.2. The van der Waals surface area contributed by atoms with Gasteiger partial charge >= 0.3 is 0 Å². The van der Waals surface area contributed by atoms with Crippen LogP contribution in [0.2, 0.25) is 0 Å². The van der Waals surface area contributed by atoms with Crippen LogP contribution in [0.1, 0.15) is 117 Å². The molecule has 1 unspecified atom stereocenters. The minimum atomic E-state index is -0.0902. The summed E-state index contributed by atoms with van der Waals surface area (Å²) in [5.41, 5.74) is 5.61. The van der Waals surface area contributed by atoms with Crippen LogP contribution in [0.25, 0.3) is 0 Å². The SMILES string of the molecule is CCCCCCCCCCCCCCC(CCCN(CC)CC)C(N)=O. The standard InChI is InChI=1S/C23H48N2O/c1-4-7-8-9-10-11-12-13-14-15-16-17-19-22(23(24)26)20-18-21-25(5-2)6-3/h22H,4-21H2,1-3H3,(H2,24,26). The molecule has 156 valence electrons. The van der Waals surface area contributed by atoms with E-state index in [1.807, 2.05) is 0 Å². The van der Waals surface area contributed by atoms with Gasteiger partial charge in [0.05, 0.1) is 0 Å². The molecule has 0 aliphatic rings. The van der Waals surface area contributed by atoms with Gasteiger partial charge in [-0.3, -0.25) is 4.79 Å². The quantitative estimate of drug-likeness (QED) is 0.256. The van der Waals surface area contributed by atoms with Crippen LogP contribution >= 0.6 is 0 Å². The molecule has 0 spiro atoms. The van der Waals surface area contributed by atoms with Crippen molar-refractivity contribution in [1.82, 2.24) is 4.90 Å². The summed E-state index contributed by atoms with van der Waals surface area (Å²) in [7, 11) is 0. The topological polar surface area (TPSA) is 46.3 Å². The highest BCUT2D eigenvalue weighted by molar-refractivity contribution is 5.76. The molecule has 1 amide bonds. The second kappa shape index (κ2) is 19.2. The fourth-order valence-electron chi connectivity index (χ4n) is 3.76. The van der Waals surface area contributed by atoms with E-state index in [1.165, 1.54) is 70.6 Å². The maximum absolute atomic E-state index is 11.7. The normalized spacial score (nSPS) is 12.6. The van der Waals surface area contributed by atoms with Crippen molar-refractivity contribution in [2.45, 2.75) is 117 Å². The minimum Gasteiger partial charge on any atom is -0.369 e. The molecule has 0 aliphatic carbocycles. The van der Waals surface area contributed by atoms with Crippen LogP contribution in [0, 0.1) is 5.92 Å². The Kier molecular flexibility index (Phi) is 18.8. The molecule has 26 heavy (non-hydrogen) atoms. The van der Waals surface area contributed by atoms with Gasteiger partial charge in [-0.2, -0.15) is 0 Å². The number of carbonyl (C=O) groups is 1. The lowest BCUT2D eigenvalue weighted by molar-refractivity contribution is -0.122. The van der Waals surface area contributed by atoms with E-state index in [0.717, 1.165) is 45.3 Å². The minimum absolute atomic E-state index is 0.0902. The molecule has 2 N–H and O–H groups in total. The van der Waals surface area contributed by atoms with Crippen LogP contribution in [0.15, 0.2) is 0 Å². The van der Waals surface area contributed by atoms with E-state index in [2.05, 4.69) is 25.7 Å². The summed E-state index contributed by atoms with van der Waals surface area (Å²) >= 11 is 0. The summed E-state index contributed by atoms with van der Waals surface area (Å²) in [6, 6.07) is 0. The van der Waals surface area contributed by atoms with Crippen LogP contribution in [0.5, 0.6) is 0 Å². The molecular weight excluding hydrogens is 320 g/mol. The summed E-state index contributed by atoms with van der Waals surface area (Å²) in [5.74, 6) is 0.00121. The average Bonchev–Trinajstić information content (AvgIpc) is 2.64. The lowest BCUT2D eigenvalue weighted by atomic mass is 9.95. The van der Waals surface area contributed by atoms with E-state index in [1.54, 1.807) is 0 Å². The van der Waals surface area contributed by atoms with Crippen LogP contribution < -0.4 is 5.73 Å². The van der Waals surface area contributed by atoms with Crippen molar-refractivity contribution < 1.29 is 4.79 Å². The van der Waals surface area contributed by atoms with Crippen molar-refractivity contribution in [2.75, 3.05) is 19.6 Å². The summed E-state index contributed by atoms with van der Waals surface area (Å²) in [6.07, 6.45) is 19.4. The largest absolute Gasteiger partial charge is 0.369 e. The highest BCUT2D eigenvalue weighted by atomic mass is 16.1. The molecule has 0 fully saturated rings. The van der Waals surface area contributed by atoms with E-state index in [0.29, 0.717) is 0 Å². The van der Waals surface area contributed by atoms with Crippen molar-refractivity contribution in [3.63, 3.8) is 0 Å². The second-order valence-corrected chi connectivity index (χ2v) is 7.95. The molecule has 0 aromatic carbocycles. The number of rotatable bonds is 20. The van der Waals surface area contributed by atoms with E-state index in [9.17, 15) is 4.79 Å². The first-order chi connectivity index (χ1) is 12.7. The molecule has 0 bridgehead atoms. The Morgan fingerprint density at radius 2 is 1.12 bits per heavy atom. The first kappa shape index (κ1) is 25.4. The van der Waals surface area contributed by atoms with Crippen LogP contribution in [0.3, 0.4) is 0 Å².